The Labute approximate surface area is 189 Å². The second-order valence-electron chi connectivity index (χ2n) is 7.35. The van der Waals surface area contributed by atoms with Crippen molar-refractivity contribution in [2.24, 2.45) is 0 Å². The molecular weight excluding hydrogens is 422 g/mol. The summed E-state index contributed by atoms with van der Waals surface area (Å²) in [6.07, 6.45) is 2.66. The number of fused-ring (bicyclic) bond motifs is 2. The summed E-state index contributed by atoms with van der Waals surface area (Å²) in [6.45, 7) is 2.41. The topological polar surface area (TPSA) is 68.5 Å². The fourth-order valence-corrected chi connectivity index (χ4v) is 4.63. The van der Waals surface area contributed by atoms with Crippen LogP contribution in [0.2, 0.25) is 0 Å². The molecule has 7 heteroatoms. The van der Waals surface area contributed by atoms with Gasteiger partial charge in [0.25, 0.3) is 5.91 Å². The first-order valence-electron chi connectivity index (χ1n) is 10.3. The number of aromatic nitrogens is 2. The molecule has 1 amide bonds. The zero-order chi connectivity index (χ0) is 22.1. The van der Waals surface area contributed by atoms with Gasteiger partial charge in [-0.3, -0.25) is 14.7 Å². The number of anilines is 1. The zero-order valence-electron chi connectivity index (χ0n) is 17.7. The van der Waals surface area contributed by atoms with Crippen LogP contribution in [0.3, 0.4) is 0 Å². The van der Waals surface area contributed by atoms with Crippen molar-refractivity contribution in [3.8, 4) is 5.75 Å². The second kappa shape index (κ2) is 8.43. The molecule has 3 aromatic heterocycles. The van der Waals surface area contributed by atoms with Crippen LogP contribution in [0.4, 0.5) is 5.13 Å². The molecule has 0 aliphatic rings. The van der Waals surface area contributed by atoms with Crippen LogP contribution in [0.5, 0.6) is 5.75 Å². The third-order valence-corrected chi connectivity index (χ3v) is 6.35. The molecule has 160 valence electrons. The summed E-state index contributed by atoms with van der Waals surface area (Å²) in [6, 6.07) is 19.2. The average Bonchev–Trinajstić information content (AvgIpc) is 3.46. The average molecular weight is 444 g/mol. The largest absolute Gasteiger partial charge is 0.493 e. The maximum absolute atomic E-state index is 13.6. The Morgan fingerprint density at radius 2 is 2.03 bits per heavy atom. The van der Waals surface area contributed by atoms with Crippen molar-refractivity contribution in [2.75, 3.05) is 12.0 Å². The van der Waals surface area contributed by atoms with E-state index in [1.807, 2.05) is 42.5 Å². The lowest BCUT2D eigenvalue weighted by molar-refractivity contribution is 0.0960. The highest BCUT2D eigenvalue weighted by Crippen LogP contribution is 2.33. The van der Waals surface area contributed by atoms with E-state index in [1.54, 1.807) is 24.3 Å². The monoisotopic (exact) mass is 443 g/mol. The fraction of sp³-hybridized carbons (Fsp3) is 0.160. The molecule has 0 unspecified atom stereocenters. The number of methoxy groups -OCH3 is 1. The van der Waals surface area contributed by atoms with Crippen LogP contribution < -0.4 is 9.64 Å². The van der Waals surface area contributed by atoms with E-state index in [-0.39, 0.29) is 18.2 Å². The maximum atomic E-state index is 13.6. The number of pyridine rings is 1. The van der Waals surface area contributed by atoms with Crippen LogP contribution >= 0.6 is 11.3 Å². The number of ether oxygens (including phenoxy) is 1. The normalized spacial score (nSPS) is 11.2. The standard InChI is InChI=1S/C25H21N3O3S/c1-3-16-10-11-19-22(13-16)32-25(27-19)28(15-18-8-4-5-12-26-18)24(29)21-14-17-7-6-9-20(30-2)23(17)31-21/h4-14H,3,15H2,1-2H3. The van der Waals surface area contributed by atoms with Gasteiger partial charge >= 0.3 is 0 Å². The lowest BCUT2D eigenvalue weighted by Gasteiger charge is -2.18. The van der Waals surface area contributed by atoms with E-state index < -0.39 is 0 Å². The van der Waals surface area contributed by atoms with Gasteiger partial charge in [-0.1, -0.05) is 42.5 Å². The molecule has 0 atom stereocenters. The minimum Gasteiger partial charge on any atom is -0.493 e. The molecule has 0 saturated heterocycles. The molecule has 0 aliphatic heterocycles. The zero-order valence-corrected chi connectivity index (χ0v) is 18.6. The van der Waals surface area contributed by atoms with Gasteiger partial charge in [0.1, 0.15) is 0 Å². The van der Waals surface area contributed by atoms with Crippen molar-refractivity contribution in [2.45, 2.75) is 19.9 Å². The van der Waals surface area contributed by atoms with Crippen LogP contribution in [-0.2, 0) is 13.0 Å². The predicted octanol–water partition coefficient (Wildman–Crippen LogP) is 5.86. The summed E-state index contributed by atoms with van der Waals surface area (Å²) in [4.78, 5) is 24.4. The Balaban J connectivity index is 1.59. The third kappa shape index (κ3) is 3.71. The molecule has 5 rings (SSSR count). The van der Waals surface area contributed by atoms with E-state index in [2.05, 4.69) is 24.0 Å². The molecule has 0 radical (unpaired) electrons. The fourth-order valence-electron chi connectivity index (χ4n) is 3.61. The molecule has 6 nitrogen and oxygen atoms in total. The highest BCUT2D eigenvalue weighted by Gasteiger charge is 2.26. The van der Waals surface area contributed by atoms with Crippen molar-refractivity contribution < 1.29 is 13.9 Å². The maximum Gasteiger partial charge on any atom is 0.296 e. The van der Waals surface area contributed by atoms with E-state index >= 15 is 0 Å². The number of furan rings is 1. The van der Waals surface area contributed by atoms with Crippen molar-refractivity contribution in [1.29, 1.82) is 0 Å². The number of benzene rings is 2. The highest BCUT2D eigenvalue weighted by atomic mass is 32.1. The molecule has 5 aromatic rings. The summed E-state index contributed by atoms with van der Waals surface area (Å²) in [7, 11) is 1.58. The second-order valence-corrected chi connectivity index (χ2v) is 8.36. The number of nitrogens with zero attached hydrogens (tertiary/aromatic N) is 3. The number of amides is 1. The lowest BCUT2D eigenvalue weighted by Crippen LogP contribution is -2.30. The minimum atomic E-state index is -0.274. The number of hydrogen-bond acceptors (Lipinski definition) is 6. The van der Waals surface area contributed by atoms with E-state index in [9.17, 15) is 4.79 Å². The Kier molecular flexibility index (Phi) is 5.33. The van der Waals surface area contributed by atoms with Gasteiger partial charge < -0.3 is 9.15 Å². The lowest BCUT2D eigenvalue weighted by atomic mass is 10.2. The van der Waals surface area contributed by atoms with E-state index in [1.165, 1.54) is 16.9 Å². The number of aryl methyl sites for hydroxylation is 1. The summed E-state index contributed by atoms with van der Waals surface area (Å²) in [5.74, 6) is 0.544. The number of para-hydroxylation sites is 1. The van der Waals surface area contributed by atoms with Gasteiger partial charge in [-0.25, -0.2) is 4.98 Å². The van der Waals surface area contributed by atoms with Crippen molar-refractivity contribution in [3.05, 3.63) is 83.9 Å². The third-order valence-electron chi connectivity index (χ3n) is 5.31. The number of rotatable bonds is 6. The molecule has 3 heterocycles. The molecule has 0 saturated carbocycles. The molecular formula is C25H21N3O3S. The Hall–Kier alpha value is -3.71. The molecule has 0 bridgehead atoms. The molecule has 0 aliphatic carbocycles. The summed E-state index contributed by atoms with van der Waals surface area (Å²) in [5, 5.41) is 1.42. The smallest absolute Gasteiger partial charge is 0.296 e. The van der Waals surface area contributed by atoms with Crippen LogP contribution in [0.15, 0.2) is 71.3 Å². The van der Waals surface area contributed by atoms with E-state index in [0.29, 0.717) is 16.5 Å². The van der Waals surface area contributed by atoms with Crippen LogP contribution in [0, 0.1) is 0 Å². The van der Waals surface area contributed by atoms with Gasteiger partial charge in [-0.15, -0.1) is 0 Å². The van der Waals surface area contributed by atoms with Crippen LogP contribution in [-0.4, -0.2) is 23.0 Å². The van der Waals surface area contributed by atoms with E-state index in [4.69, 9.17) is 14.1 Å². The molecule has 32 heavy (non-hydrogen) atoms. The van der Waals surface area contributed by atoms with Crippen molar-refractivity contribution in [3.63, 3.8) is 0 Å². The van der Waals surface area contributed by atoms with Gasteiger partial charge in [0, 0.05) is 11.6 Å². The first-order valence-corrected chi connectivity index (χ1v) is 11.2. The van der Waals surface area contributed by atoms with Gasteiger partial charge in [0.15, 0.2) is 22.2 Å². The first kappa shape index (κ1) is 20.2. The first-order chi connectivity index (χ1) is 15.7. The Bertz CT molecular complexity index is 1410. The number of thiazole rings is 1. The Morgan fingerprint density at radius 1 is 1.12 bits per heavy atom. The molecule has 0 spiro atoms. The van der Waals surface area contributed by atoms with Crippen molar-refractivity contribution in [1.82, 2.24) is 9.97 Å². The van der Waals surface area contributed by atoms with Gasteiger partial charge in [0.2, 0.25) is 0 Å². The van der Waals surface area contributed by atoms with Gasteiger partial charge in [0.05, 0.1) is 29.6 Å². The molecule has 2 aromatic carbocycles. The highest BCUT2D eigenvalue weighted by molar-refractivity contribution is 7.22. The van der Waals surface area contributed by atoms with Crippen molar-refractivity contribution >= 4 is 43.6 Å². The summed E-state index contributed by atoms with van der Waals surface area (Å²) >= 11 is 1.49. The van der Waals surface area contributed by atoms with Gasteiger partial charge in [-0.2, -0.15) is 0 Å². The Morgan fingerprint density at radius 3 is 2.81 bits per heavy atom. The number of carbonyl (C=O) groups is 1. The van der Waals surface area contributed by atoms with E-state index in [0.717, 1.165) is 27.7 Å². The predicted molar refractivity (Wildman–Crippen MR) is 127 cm³/mol. The van der Waals surface area contributed by atoms with Gasteiger partial charge in [-0.05, 0) is 48.4 Å². The van der Waals surface area contributed by atoms with Crippen LogP contribution in [0.25, 0.3) is 21.2 Å². The SMILES string of the molecule is CCc1ccc2nc(N(Cc3ccccn3)C(=O)c3cc4cccc(OC)c4o3)sc2c1. The summed E-state index contributed by atoms with van der Waals surface area (Å²) in [5.41, 5.74) is 3.42. The molecule has 0 fully saturated rings. The van der Waals surface area contributed by atoms with Crippen LogP contribution in [0.1, 0.15) is 28.7 Å². The number of carbonyl (C=O) groups excluding carboxylic acids is 1. The molecule has 0 N–H and O–H groups in total. The summed E-state index contributed by atoms with van der Waals surface area (Å²) < 4.78 is 12.4. The number of hydrogen-bond donors (Lipinski definition) is 0. The minimum absolute atomic E-state index is 0.230. The quantitative estimate of drug-likeness (QED) is 0.329.